The molecule has 0 saturated carbocycles. The van der Waals surface area contributed by atoms with Gasteiger partial charge in [-0.15, -0.1) is 11.3 Å². The highest BCUT2D eigenvalue weighted by Crippen LogP contribution is 2.28. The fourth-order valence-corrected chi connectivity index (χ4v) is 4.52. The average molecular weight is 427 g/mol. The first-order valence-corrected chi connectivity index (χ1v) is 10.1. The maximum atomic E-state index is 12.4. The van der Waals surface area contributed by atoms with E-state index in [1.54, 1.807) is 35.6 Å². The van der Waals surface area contributed by atoms with E-state index in [0.29, 0.717) is 21.9 Å². The Kier molecular flexibility index (Phi) is 4.23. The Morgan fingerprint density at radius 3 is 2.75 bits per heavy atom. The summed E-state index contributed by atoms with van der Waals surface area (Å²) in [5, 5.41) is 2.10. The van der Waals surface area contributed by atoms with Gasteiger partial charge in [-0.1, -0.05) is 41.4 Å². The minimum atomic E-state index is -0.420. The Balaban J connectivity index is 1.53. The normalized spacial score (nSPS) is 11.5. The van der Waals surface area contributed by atoms with Gasteiger partial charge in [0.25, 0.3) is 0 Å². The van der Waals surface area contributed by atoms with Crippen LogP contribution in [0.1, 0.15) is 10.4 Å². The molecule has 0 aliphatic carbocycles. The van der Waals surface area contributed by atoms with Crippen molar-refractivity contribution in [1.29, 1.82) is 0 Å². The second-order valence-electron chi connectivity index (χ2n) is 6.41. The summed E-state index contributed by atoms with van der Waals surface area (Å²) in [7, 11) is 0. The molecule has 3 heterocycles. The van der Waals surface area contributed by atoms with E-state index in [1.165, 1.54) is 0 Å². The van der Waals surface area contributed by atoms with E-state index in [9.17, 15) is 4.79 Å². The van der Waals surface area contributed by atoms with Crippen molar-refractivity contribution in [3.8, 4) is 11.3 Å². The van der Waals surface area contributed by atoms with Gasteiger partial charge >= 0.3 is 5.63 Å². The third kappa shape index (κ3) is 3.11. The van der Waals surface area contributed by atoms with Crippen LogP contribution in [0.15, 0.2) is 70.1 Å². The van der Waals surface area contributed by atoms with Crippen LogP contribution in [0.2, 0.25) is 10.0 Å². The molecule has 0 aliphatic heterocycles. The van der Waals surface area contributed by atoms with E-state index in [4.69, 9.17) is 27.6 Å². The second-order valence-corrected chi connectivity index (χ2v) is 8.35. The molecule has 0 N–H and O–H groups in total. The molecule has 2 aromatic carbocycles. The van der Waals surface area contributed by atoms with Gasteiger partial charge in [0.05, 0.1) is 11.3 Å². The largest absolute Gasteiger partial charge is 0.422 e. The Hall–Kier alpha value is -2.60. The summed E-state index contributed by atoms with van der Waals surface area (Å²) in [6, 6.07) is 14.7. The van der Waals surface area contributed by atoms with E-state index >= 15 is 0 Å². The second kappa shape index (κ2) is 6.78. The fraction of sp³-hybridized carbons (Fsp3) is 0.0476. The molecule has 28 heavy (non-hydrogen) atoms. The quantitative estimate of drug-likeness (QED) is 0.329. The molecule has 0 unspecified atom stereocenters. The molecule has 0 amide bonds. The van der Waals surface area contributed by atoms with Crippen LogP contribution in [0.3, 0.4) is 0 Å². The van der Waals surface area contributed by atoms with Crippen molar-refractivity contribution in [3.05, 3.63) is 91.8 Å². The highest BCUT2D eigenvalue weighted by Gasteiger charge is 2.14. The lowest BCUT2D eigenvalue weighted by atomic mass is 10.1. The molecule has 5 aromatic rings. The number of halogens is 2. The van der Waals surface area contributed by atoms with Gasteiger partial charge < -0.3 is 4.42 Å². The zero-order valence-electron chi connectivity index (χ0n) is 14.4. The zero-order valence-corrected chi connectivity index (χ0v) is 16.7. The van der Waals surface area contributed by atoms with Crippen LogP contribution in [-0.2, 0) is 6.42 Å². The molecular formula is C21H12Cl2N2O2S. The van der Waals surface area contributed by atoms with Gasteiger partial charge in [-0.3, -0.25) is 4.40 Å². The molecule has 0 spiro atoms. The summed E-state index contributed by atoms with van der Waals surface area (Å²) < 4.78 is 7.34. The molecule has 0 saturated heterocycles. The summed E-state index contributed by atoms with van der Waals surface area (Å²) in [5.41, 5.74) is 2.14. The van der Waals surface area contributed by atoms with Crippen molar-refractivity contribution in [2.75, 3.05) is 0 Å². The average Bonchev–Trinajstić information content (AvgIpc) is 3.22. The number of rotatable bonds is 3. The van der Waals surface area contributed by atoms with Crippen LogP contribution in [0.5, 0.6) is 0 Å². The van der Waals surface area contributed by atoms with Crippen molar-refractivity contribution < 1.29 is 4.42 Å². The Bertz CT molecular complexity index is 1370. The SMILES string of the molecule is O=c1oc2ccc(Cl)cc2cc1-c1cn2cc(Cc3ccccc3Cl)sc2n1. The number of thiazole rings is 1. The third-order valence-electron chi connectivity index (χ3n) is 4.50. The molecular weight excluding hydrogens is 415 g/mol. The first kappa shape index (κ1) is 17.5. The summed E-state index contributed by atoms with van der Waals surface area (Å²) in [6.45, 7) is 0. The Morgan fingerprint density at radius 1 is 1.07 bits per heavy atom. The molecule has 4 nitrogen and oxygen atoms in total. The molecule has 138 valence electrons. The molecule has 5 rings (SSSR count). The summed E-state index contributed by atoms with van der Waals surface area (Å²) in [4.78, 5) is 19.0. The number of benzene rings is 2. The number of hydrogen-bond donors (Lipinski definition) is 0. The van der Waals surface area contributed by atoms with E-state index in [-0.39, 0.29) is 0 Å². The number of aromatic nitrogens is 2. The van der Waals surface area contributed by atoms with Crippen LogP contribution in [0.4, 0.5) is 0 Å². The predicted octanol–water partition coefficient (Wildman–Crippen LogP) is 6.07. The third-order valence-corrected chi connectivity index (χ3v) is 6.10. The minimum Gasteiger partial charge on any atom is -0.422 e. The number of fused-ring (bicyclic) bond motifs is 2. The smallest absolute Gasteiger partial charge is 0.345 e. The molecule has 7 heteroatoms. The van der Waals surface area contributed by atoms with Crippen LogP contribution in [0.25, 0.3) is 27.2 Å². The Labute approximate surface area is 173 Å². The van der Waals surface area contributed by atoms with Crippen molar-refractivity contribution in [3.63, 3.8) is 0 Å². The Morgan fingerprint density at radius 2 is 1.93 bits per heavy atom. The van der Waals surface area contributed by atoms with E-state index in [2.05, 4.69) is 4.98 Å². The van der Waals surface area contributed by atoms with Crippen LogP contribution < -0.4 is 5.63 Å². The molecule has 0 atom stereocenters. The van der Waals surface area contributed by atoms with Gasteiger partial charge in [0.1, 0.15) is 5.58 Å². The molecule has 0 fully saturated rings. The predicted molar refractivity (Wildman–Crippen MR) is 114 cm³/mol. The highest BCUT2D eigenvalue weighted by molar-refractivity contribution is 7.17. The maximum absolute atomic E-state index is 12.4. The van der Waals surface area contributed by atoms with Gasteiger partial charge in [0.15, 0.2) is 4.96 Å². The fourth-order valence-electron chi connectivity index (χ4n) is 3.16. The molecule has 3 aromatic heterocycles. The van der Waals surface area contributed by atoms with Gasteiger partial charge in [0.2, 0.25) is 0 Å². The topological polar surface area (TPSA) is 47.5 Å². The number of nitrogens with zero attached hydrogens (tertiary/aromatic N) is 2. The lowest BCUT2D eigenvalue weighted by Gasteiger charge is -2.01. The summed E-state index contributed by atoms with van der Waals surface area (Å²) in [5.74, 6) is 0. The first-order chi connectivity index (χ1) is 13.6. The van der Waals surface area contributed by atoms with Crippen LogP contribution >= 0.6 is 34.5 Å². The molecule has 0 radical (unpaired) electrons. The van der Waals surface area contributed by atoms with E-state index in [0.717, 1.165) is 32.2 Å². The van der Waals surface area contributed by atoms with Gasteiger partial charge in [-0.2, -0.15) is 0 Å². The minimum absolute atomic E-state index is 0.415. The summed E-state index contributed by atoms with van der Waals surface area (Å²) >= 11 is 13.9. The zero-order chi connectivity index (χ0) is 19.3. The van der Waals surface area contributed by atoms with Crippen molar-refractivity contribution in [2.24, 2.45) is 0 Å². The lowest BCUT2D eigenvalue weighted by Crippen LogP contribution is -2.02. The van der Waals surface area contributed by atoms with E-state index < -0.39 is 5.63 Å². The monoisotopic (exact) mass is 426 g/mol. The van der Waals surface area contributed by atoms with Crippen molar-refractivity contribution in [1.82, 2.24) is 9.38 Å². The van der Waals surface area contributed by atoms with Gasteiger partial charge in [0, 0.05) is 39.1 Å². The molecule has 0 aliphatic rings. The standard InChI is InChI=1S/C21H12Cl2N2O2S/c22-14-5-6-19-13(7-14)9-16(20(26)27-19)18-11-25-10-15(28-21(25)24-18)8-12-3-1-2-4-17(12)23/h1-7,9-11H,8H2. The van der Waals surface area contributed by atoms with Gasteiger partial charge in [-0.25, -0.2) is 9.78 Å². The number of hydrogen-bond acceptors (Lipinski definition) is 4. The van der Waals surface area contributed by atoms with Crippen molar-refractivity contribution in [2.45, 2.75) is 6.42 Å². The summed E-state index contributed by atoms with van der Waals surface area (Å²) in [6.07, 6.45) is 4.59. The highest BCUT2D eigenvalue weighted by atomic mass is 35.5. The maximum Gasteiger partial charge on any atom is 0.345 e. The lowest BCUT2D eigenvalue weighted by molar-refractivity contribution is 0.563. The van der Waals surface area contributed by atoms with E-state index in [1.807, 2.05) is 41.1 Å². The van der Waals surface area contributed by atoms with Crippen LogP contribution in [0, 0.1) is 0 Å². The van der Waals surface area contributed by atoms with Gasteiger partial charge in [-0.05, 0) is 35.9 Å². The van der Waals surface area contributed by atoms with Crippen LogP contribution in [-0.4, -0.2) is 9.38 Å². The van der Waals surface area contributed by atoms with Crippen molar-refractivity contribution >= 4 is 50.5 Å². The number of imidazole rings is 1. The molecule has 0 bridgehead atoms. The first-order valence-electron chi connectivity index (χ1n) is 8.51.